The third-order valence-corrected chi connectivity index (χ3v) is 4.46. The van der Waals surface area contributed by atoms with Crippen LogP contribution in [0.5, 0.6) is 0 Å². The first-order chi connectivity index (χ1) is 12.0. The molecule has 1 saturated heterocycles. The molecule has 1 heterocycles. The molecule has 25 heavy (non-hydrogen) atoms. The van der Waals surface area contributed by atoms with E-state index < -0.39 is 0 Å². The lowest BCUT2D eigenvalue weighted by Gasteiger charge is -2.34. The Balaban J connectivity index is 2.10. The molecule has 0 radical (unpaired) electrons. The summed E-state index contributed by atoms with van der Waals surface area (Å²) in [6.45, 7) is 7.48. The quantitative estimate of drug-likeness (QED) is 0.672. The van der Waals surface area contributed by atoms with Crippen molar-refractivity contribution in [1.82, 2.24) is 9.80 Å². The van der Waals surface area contributed by atoms with Gasteiger partial charge in [-0.1, -0.05) is 25.1 Å². The maximum absolute atomic E-state index is 12.6. The van der Waals surface area contributed by atoms with E-state index in [4.69, 9.17) is 0 Å². The number of benzene rings is 1. The number of anilines is 1. The number of nitrogens with zero attached hydrogens (tertiary/aromatic N) is 3. The van der Waals surface area contributed by atoms with Gasteiger partial charge >= 0.3 is 0 Å². The summed E-state index contributed by atoms with van der Waals surface area (Å²) in [5, 5.41) is 12.5. The summed E-state index contributed by atoms with van der Waals surface area (Å²) in [6, 6.07) is 8.00. The van der Waals surface area contributed by atoms with Crippen molar-refractivity contribution in [2.75, 3.05) is 31.5 Å². The maximum Gasteiger partial charge on any atom is 0.266 e. The molecule has 2 rings (SSSR count). The predicted molar refractivity (Wildman–Crippen MR) is 96.7 cm³/mol. The molecule has 1 aliphatic heterocycles. The van der Waals surface area contributed by atoms with Gasteiger partial charge in [0.15, 0.2) is 0 Å². The summed E-state index contributed by atoms with van der Waals surface area (Å²) < 4.78 is 0. The van der Waals surface area contributed by atoms with E-state index in [1.807, 2.05) is 31.2 Å². The number of piperazine rings is 1. The summed E-state index contributed by atoms with van der Waals surface area (Å²) in [4.78, 5) is 27.3. The van der Waals surface area contributed by atoms with E-state index in [0.29, 0.717) is 26.2 Å². The first-order valence-corrected chi connectivity index (χ1v) is 8.48. The highest BCUT2D eigenvalue weighted by Crippen LogP contribution is 2.21. The number of para-hydroxylation sites is 1. The number of nitriles is 1. The summed E-state index contributed by atoms with van der Waals surface area (Å²) in [5.41, 5.74) is 3.21. The number of hydrogen-bond donors (Lipinski definition) is 1. The molecule has 0 aromatic heterocycles. The van der Waals surface area contributed by atoms with Crippen molar-refractivity contribution in [3.8, 4) is 6.07 Å². The number of rotatable bonds is 4. The highest BCUT2D eigenvalue weighted by atomic mass is 16.2. The van der Waals surface area contributed by atoms with E-state index in [2.05, 4.69) is 12.2 Å². The van der Waals surface area contributed by atoms with E-state index in [0.717, 1.165) is 23.2 Å². The first-order valence-electron chi connectivity index (χ1n) is 8.48. The van der Waals surface area contributed by atoms with Crippen molar-refractivity contribution in [2.24, 2.45) is 0 Å². The molecule has 1 aliphatic rings. The molecule has 1 aromatic rings. The van der Waals surface area contributed by atoms with Crippen LogP contribution in [0.15, 0.2) is 30.0 Å². The zero-order chi connectivity index (χ0) is 18.4. The van der Waals surface area contributed by atoms with Gasteiger partial charge in [-0.3, -0.25) is 9.59 Å². The Bertz CT molecular complexity index is 725. The van der Waals surface area contributed by atoms with Crippen molar-refractivity contribution >= 4 is 17.5 Å². The molecule has 2 amide bonds. The second kappa shape index (κ2) is 8.34. The highest BCUT2D eigenvalue weighted by molar-refractivity contribution is 5.97. The topological polar surface area (TPSA) is 76.4 Å². The second-order valence-corrected chi connectivity index (χ2v) is 6.08. The summed E-state index contributed by atoms with van der Waals surface area (Å²) in [7, 11) is 0. The fraction of sp³-hybridized carbons (Fsp3) is 0.421. The third-order valence-electron chi connectivity index (χ3n) is 4.46. The van der Waals surface area contributed by atoms with Gasteiger partial charge in [0.25, 0.3) is 5.91 Å². The molecule has 132 valence electrons. The minimum atomic E-state index is -0.301. The summed E-state index contributed by atoms with van der Waals surface area (Å²) in [6.07, 6.45) is 2.35. The van der Waals surface area contributed by atoms with Crippen LogP contribution in [0.25, 0.3) is 0 Å². The van der Waals surface area contributed by atoms with Crippen molar-refractivity contribution < 1.29 is 9.59 Å². The Morgan fingerprint density at radius 2 is 1.88 bits per heavy atom. The number of amides is 2. The number of hydrogen-bond acceptors (Lipinski definition) is 4. The van der Waals surface area contributed by atoms with Crippen molar-refractivity contribution in [1.29, 1.82) is 5.26 Å². The zero-order valence-electron chi connectivity index (χ0n) is 15.0. The smallest absolute Gasteiger partial charge is 0.266 e. The molecular weight excluding hydrogens is 316 g/mol. The fourth-order valence-corrected chi connectivity index (χ4v) is 2.91. The van der Waals surface area contributed by atoms with Crippen LogP contribution < -0.4 is 5.32 Å². The van der Waals surface area contributed by atoms with Crippen LogP contribution in [-0.4, -0.2) is 47.8 Å². The molecule has 0 spiro atoms. The summed E-state index contributed by atoms with van der Waals surface area (Å²) in [5.74, 6) is -0.290. The fourth-order valence-electron chi connectivity index (χ4n) is 2.91. The van der Waals surface area contributed by atoms with Crippen molar-refractivity contribution in [3.05, 3.63) is 41.1 Å². The number of nitrogens with one attached hydrogen (secondary N) is 1. The van der Waals surface area contributed by atoms with Gasteiger partial charge in [-0.05, 0) is 24.5 Å². The standard InChI is InChI=1S/C19H24N4O2/c1-4-16-7-5-6-14(2)18(16)21-13-17(12-20)19(25)23-10-8-22(9-11-23)15(3)24/h5-7,13,21H,4,8-11H2,1-3H3/b17-13-. The van der Waals surface area contributed by atoms with E-state index in [9.17, 15) is 14.9 Å². The molecular formula is C19H24N4O2. The molecule has 1 aromatic carbocycles. The van der Waals surface area contributed by atoms with Crippen molar-refractivity contribution in [2.45, 2.75) is 27.2 Å². The van der Waals surface area contributed by atoms with Gasteiger partial charge in [0, 0.05) is 45.0 Å². The summed E-state index contributed by atoms with van der Waals surface area (Å²) >= 11 is 0. The van der Waals surface area contributed by atoms with Crippen molar-refractivity contribution in [3.63, 3.8) is 0 Å². The van der Waals surface area contributed by atoms with E-state index in [1.54, 1.807) is 9.80 Å². The molecule has 0 saturated carbocycles. The highest BCUT2D eigenvalue weighted by Gasteiger charge is 2.24. The maximum atomic E-state index is 12.6. The third kappa shape index (κ3) is 4.38. The van der Waals surface area contributed by atoms with Gasteiger partial charge in [0.2, 0.25) is 5.91 Å². The van der Waals surface area contributed by atoms with Crippen LogP contribution in [0, 0.1) is 18.3 Å². The van der Waals surface area contributed by atoms with Crippen LogP contribution >= 0.6 is 0 Å². The minimum absolute atomic E-state index is 0.0106. The van der Waals surface area contributed by atoms with Gasteiger partial charge in [0.05, 0.1) is 0 Å². The molecule has 1 N–H and O–H groups in total. The molecule has 6 nitrogen and oxygen atoms in total. The number of carbonyl (C=O) groups excluding carboxylic acids is 2. The lowest BCUT2D eigenvalue weighted by molar-refractivity contribution is -0.136. The zero-order valence-corrected chi connectivity index (χ0v) is 15.0. The second-order valence-electron chi connectivity index (χ2n) is 6.08. The molecule has 0 aliphatic carbocycles. The largest absolute Gasteiger partial charge is 0.360 e. The van der Waals surface area contributed by atoms with Gasteiger partial charge in [0.1, 0.15) is 11.6 Å². The SMILES string of the molecule is CCc1cccc(C)c1N/C=C(/C#N)C(=O)N1CCN(C(C)=O)CC1. The van der Waals surface area contributed by atoms with Crippen LogP contribution in [0.4, 0.5) is 5.69 Å². The Morgan fingerprint density at radius 3 is 2.44 bits per heavy atom. The van der Waals surface area contributed by atoms with E-state index >= 15 is 0 Å². The Labute approximate surface area is 148 Å². The minimum Gasteiger partial charge on any atom is -0.360 e. The number of aryl methyl sites for hydroxylation is 2. The van der Waals surface area contributed by atoms with Gasteiger partial charge in [-0.25, -0.2) is 0 Å². The molecule has 0 unspecified atom stereocenters. The Hall–Kier alpha value is -2.81. The van der Waals surface area contributed by atoms with Gasteiger partial charge < -0.3 is 15.1 Å². The van der Waals surface area contributed by atoms with Crippen LogP contribution in [0.2, 0.25) is 0 Å². The molecule has 1 fully saturated rings. The predicted octanol–water partition coefficient (Wildman–Crippen LogP) is 2.07. The first kappa shape index (κ1) is 18.5. The Kier molecular flexibility index (Phi) is 6.18. The Morgan fingerprint density at radius 1 is 1.24 bits per heavy atom. The number of carbonyl (C=O) groups is 2. The lowest BCUT2D eigenvalue weighted by atomic mass is 10.1. The van der Waals surface area contributed by atoms with E-state index in [-0.39, 0.29) is 17.4 Å². The molecule has 6 heteroatoms. The van der Waals surface area contributed by atoms with Gasteiger partial charge in [-0.15, -0.1) is 0 Å². The average molecular weight is 340 g/mol. The lowest BCUT2D eigenvalue weighted by Crippen LogP contribution is -2.50. The molecule has 0 bridgehead atoms. The normalized spacial score (nSPS) is 14.9. The molecule has 0 atom stereocenters. The monoisotopic (exact) mass is 340 g/mol. The van der Waals surface area contributed by atoms with E-state index in [1.165, 1.54) is 13.1 Å². The van der Waals surface area contributed by atoms with Crippen LogP contribution in [-0.2, 0) is 16.0 Å². The van der Waals surface area contributed by atoms with Gasteiger partial charge in [-0.2, -0.15) is 5.26 Å². The average Bonchev–Trinajstić information content (AvgIpc) is 2.63. The van der Waals surface area contributed by atoms with Crippen LogP contribution in [0.3, 0.4) is 0 Å². The van der Waals surface area contributed by atoms with Crippen LogP contribution in [0.1, 0.15) is 25.0 Å².